The van der Waals surface area contributed by atoms with E-state index in [2.05, 4.69) is 265 Å². The van der Waals surface area contributed by atoms with E-state index in [0.717, 1.165) is 24.0 Å². The van der Waals surface area contributed by atoms with Crippen LogP contribution in [0.4, 0.5) is 0 Å². The zero-order valence-electron chi connectivity index (χ0n) is 41.9. The molecule has 2 aliphatic carbocycles. The van der Waals surface area contributed by atoms with Crippen LogP contribution in [-0.4, -0.2) is 4.57 Å². The van der Waals surface area contributed by atoms with E-state index in [1.54, 1.807) is 0 Å². The Morgan fingerprint density at radius 3 is 1.13 bits per heavy atom. The van der Waals surface area contributed by atoms with E-state index >= 15 is 0 Å². The van der Waals surface area contributed by atoms with Gasteiger partial charge in [0.05, 0.1) is 11.0 Å². The van der Waals surface area contributed by atoms with Gasteiger partial charge >= 0.3 is 44.8 Å². The Morgan fingerprint density at radius 2 is 0.688 bits per heavy atom. The summed E-state index contributed by atoms with van der Waals surface area (Å²) in [6, 6.07) is 98.6. The van der Waals surface area contributed by atoms with E-state index in [-0.39, 0.29) is 44.8 Å². The molecule has 1 heterocycles. The van der Waals surface area contributed by atoms with Crippen molar-refractivity contribution in [2.24, 2.45) is 0 Å². The second kappa shape index (κ2) is 24.3. The standard InChI is InChI=1S/C42H31NP2.2C15H9.2Au/c1-6-18-32(19-7-1)43-39-29-17-16-28-37(39)38-30-41(44(33-20-8-2-9-21-33)34-22-10-3-11-23-34)42(31-40(38)43)45(35-24-12-4-13-25-35)36-26-14-5-15-27-36;2*1-2-11-7-5-8-13-10-12-6-3-4-9-14(12)15(11)13;;/h1-31H;2*3-9H,10H2;;/q;2*-1;2*+1/p+2. The zero-order valence-corrected chi connectivity index (χ0v) is 48.3. The van der Waals surface area contributed by atoms with Gasteiger partial charge in [0.2, 0.25) is 0 Å². The van der Waals surface area contributed by atoms with Crippen LogP contribution >= 0.6 is 15.8 Å². The van der Waals surface area contributed by atoms with Gasteiger partial charge in [-0.1, -0.05) is 204 Å². The summed E-state index contributed by atoms with van der Waals surface area (Å²) >= 11 is 0. The molecule has 0 atom stereocenters. The van der Waals surface area contributed by atoms with Crippen molar-refractivity contribution in [2.75, 3.05) is 0 Å². The number of para-hydroxylation sites is 2. The summed E-state index contributed by atoms with van der Waals surface area (Å²) < 4.78 is 2.46. The van der Waals surface area contributed by atoms with E-state index < -0.39 is 15.8 Å². The van der Waals surface area contributed by atoms with E-state index in [0.29, 0.717) is 0 Å². The largest absolute Gasteiger partial charge is 1.00 e. The van der Waals surface area contributed by atoms with Crippen molar-refractivity contribution >= 4 is 69.5 Å². The molecule has 0 saturated carbocycles. The van der Waals surface area contributed by atoms with Gasteiger partial charge in [-0.15, -0.1) is 23.3 Å². The summed E-state index contributed by atoms with van der Waals surface area (Å²) in [6.07, 6.45) is 16.6. The molecule has 14 rings (SSSR count). The number of hydrogen-bond acceptors (Lipinski definition) is 0. The van der Waals surface area contributed by atoms with Gasteiger partial charge in [-0.25, -0.2) is 0 Å². The maximum absolute atomic E-state index is 7.30. The quantitative estimate of drug-likeness (QED) is 0.0649. The Balaban J connectivity index is 0.000000170. The van der Waals surface area contributed by atoms with Gasteiger partial charge in [0.1, 0.15) is 47.7 Å². The Bertz CT molecular complexity index is 3900. The van der Waals surface area contributed by atoms with Crippen LogP contribution in [0.1, 0.15) is 33.4 Å². The Hall–Kier alpha value is -7.32. The molecule has 374 valence electrons. The fourth-order valence-corrected chi connectivity index (χ4v) is 17.3. The third-order valence-electron chi connectivity index (χ3n) is 14.5. The molecular weight excluding hydrogens is 1330 g/mol. The van der Waals surface area contributed by atoms with Gasteiger partial charge in [-0.3, -0.25) is 11.8 Å². The molecule has 5 heteroatoms. The van der Waals surface area contributed by atoms with Crippen LogP contribution in [-0.2, 0) is 57.6 Å². The van der Waals surface area contributed by atoms with Gasteiger partial charge in [-0.05, 0) is 108 Å². The third kappa shape index (κ3) is 10.6. The SMILES string of the molecule is [Au+].[Au+].[C-]#Cc1cccc2c1-c1ccccc1C2.[C-]#Cc1cccc2c1-c1ccccc1C2.c1ccc(-n2c3ccccc3c3cc([PH+](c4ccccc4)c4ccccc4)c([PH+](c4ccccc4)c4ccccc4)cc32)cc1. The van der Waals surface area contributed by atoms with Crippen LogP contribution in [0.25, 0.3) is 49.7 Å². The van der Waals surface area contributed by atoms with Gasteiger partial charge in [0, 0.05) is 22.5 Å². The van der Waals surface area contributed by atoms with E-state index in [9.17, 15) is 0 Å². The third-order valence-corrected chi connectivity index (χ3v) is 20.3. The molecule has 0 N–H and O–H groups in total. The van der Waals surface area contributed by atoms with E-state index in [4.69, 9.17) is 12.8 Å². The van der Waals surface area contributed by atoms with Gasteiger partial charge in [0.25, 0.3) is 0 Å². The van der Waals surface area contributed by atoms with Crippen molar-refractivity contribution in [1.29, 1.82) is 0 Å². The van der Waals surface area contributed by atoms with Crippen molar-refractivity contribution in [3.63, 3.8) is 0 Å². The van der Waals surface area contributed by atoms with Crippen molar-refractivity contribution < 1.29 is 44.8 Å². The fraction of sp³-hybridized carbons (Fsp3) is 0.0278. The first-order chi connectivity index (χ1) is 37.2. The maximum Gasteiger partial charge on any atom is 1.00 e. The zero-order chi connectivity index (χ0) is 50.5. The Labute approximate surface area is 486 Å². The number of fused-ring (bicyclic) bond motifs is 9. The van der Waals surface area contributed by atoms with Crippen molar-refractivity contribution in [2.45, 2.75) is 12.8 Å². The Kier molecular flexibility index (Phi) is 16.8. The minimum absolute atomic E-state index is 0. The molecule has 1 nitrogen and oxygen atoms in total. The molecular formula is C72H51Au2NP2+2. The second-order valence-electron chi connectivity index (χ2n) is 18.9. The number of rotatable bonds is 7. The molecule has 77 heavy (non-hydrogen) atoms. The molecule has 0 radical (unpaired) electrons. The fourth-order valence-electron chi connectivity index (χ4n) is 11.2. The normalized spacial score (nSPS) is 11.3. The summed E-state index contributed by atoms with van der Waals surface area (Å²) in [5.41, 5.74) is 15.8. The molecule has 0 saturated heterocycles. The average molecular weight is 1390 g/mol. The van der Waals surface area contributed by atoms with Crippen molar-refractivity contribution in [3.05, 3.63) is 319 Å². The topological polar surface area (TPSA) is 4.93 Å². The molecule has 12 aromatic rings. The first-order valence-corrected chi connectivity index (χ1v) is 28.5. The summed E-state index contributed by atoms with van der Waals surface area (Å²) in [7, 11) is -2.74. The molecule has 0 aliphatic heterocycles. The van der Waals surface area contributed by atoms with Crippen LogP contribution in [0.15, 0.2) is 273 Å². The minimum atomic E-state index is -1.38. The van der Waals surface area contributed by atoms with Crippen LogP contribution in [0.3, 0.4) is 0 Å². The van der Waals surface area contributed by atoms with E-state index in [1.807, 2.05) is 24.3 Å². The van der Waals surface area contributed by atoms with Crippen LogP contribution in [0.5, 0.6) is 0 Å². The molecule has 0 spiro atoms. The van der Waals surface area contributed by atoms with E-state index in [1.165, 1.54) is 104 Å². The number of aromatic nitrogens is 1. The van der Waals surface area contributed by atoms with Gasteiger partial charge in [0.15, 0.2) is 0 Å². The van der Waals surface area contributed by atoms with Crippen molar-refractivity contribution in [1.82, 2.24) is 4.57 Å². The molecule has 0 unspecified atom stereocenters. The minimum Gasteiger partial charge on any atom is -0.366 e. The smallest absolute Gasteiger partial charge is 0.366 e. The average Bonchev–Trinajstić information content (AvgIpc) is 4.32. The molecule has 0 bridgehead atoms. The number of nitrogens with zero attached hydrogens (tertiary/aromatic N) is 1. The molecule has 1 aromatic heterocycles. The van der Waals surface area contributed by atoms with Gasteiger partial charge in [-0.2, -0.15) is 0 Å². The molecule has 0 fully saturated rings. The second-order valence-corrected chi connectivity index (χ2v) is 23.8. The summed E-state index contributed by atoms with van der Waals surface area (Å²) in [4.78, 5) is 0. The number of benzene rings is 11. The summed E-state index contributed by atoms with van der Waals surface area (Å²) in [6.45, 7) is 0. The predicted molar refractivity (Wildman–Crippen MR) is 323 cm³/mol. The predicted octanol–water partition coefficient (Wildman–Crippen LogP) is 14.2. The summed E-state index contributed by atoms with van der Waals surface area (Å²) in [5, 5.41) is 11.2. The molecule has 0 amide bonds. The Morgan fingerprint density at radius 1 is 0.325 bits per heavy atom. The van der Waals surface area contributed by atoms with Crippen molar-refractivity contribution in [3.8, 4) is 39.8 Å². The molecule has 2 aliphatic rings. The maximum atomic E-state index is 7.30. The van der Waals surface area contributed by atoms with Crippen LogP contribution in [0, 0.1) is 24.7 Å². The first-order valence-electron chi connectivity index (χ1n) is 25.5. The van der Waals surface area contributed by atoms with Crippen LogP contribution in [0.2, 0.25) is 0 Å². The number of hydrogen-bond donors (Lipinski definition) is 0. The van der Waals surface area contributed by atoms with Crippen LogP contribution < -0.4 is 31.8 Å². The van der Waals surface area contributed by atoms with Gasteiger partial charge < -0.3 is 17.4 Å². The molecule has 11 aromatic carbocycles. The first kappa shape index (κ1) is 53.1. The monoisotopic (exact) mass is 1390 g/mol. The summed E-state index contributed by atoms with van der Waals surface area (Å²) in [5.74, 6) is 5.04.